The Hall–Kier alpha value is -1.19. The van der Waals surface area contributed by atoms with E-state index in [1.54, 1.807) is 6.20 Å². The summed E-state index contributed by atoms with van der Waals surface area (Å²) >= 11 is 5.92. The summed E-state index contributed by atoms with van der Waals surface area (Å²) in [4.78, 5) is 8.79. The van der Waals surface area contributed by atoms with Crippen molar-refractivity contribution in [3.63, 3.8) is 0 Å². The number of pyridine rings is 2. The van der Waals surface area contributed by atoms with Gasteiger partial charge in [-0.3, -0.25) is 4.98 Å². The van der Waals surface area contributed by atoms with E-state index in [1.165, 1.54) is 0 Å². The molecule has 19 heavy (non-hydrogen) atoms. The van der Waals surface area contributed by atoms with E-state index in [0.29, 0.717) is 17.0 Å². The summed E-state index contributed by atoms with van der Waals surface area (Å²) < 4.78 is 0. The topological polar surface area (TPSA) is 37.8 Å². The number of hydrogen-bond acceptors (Lipinski definition) is 3. The van der Waals surface area contributed by atoms with E-state index in [9.17, 15) is 0 Å². The highest BCUT2D eigenvalue weighted by atomic mass is 35.5. The van der Waals surface area contributed by atoms with Crippen molar-refractivity contribution in [1.82, 2.24) is 15.3 Å². The molecule has 2 atom stereocenters. The summed E-state index contributed by atoms with van der Waals surface area (Å²) in [6.07, 6.45) is 2.91. The molecule has 2 rings (SSSR count). The second-order valence-electron chi connectivity index (χ2n) is 5.09. The Labute approximate surface area is 119 Å². The molecule has 2 unspecified atom stereocenters. The van der Waals surface area contributed by atoms with Gasteiger partial charge in [0.1, 0.15) is 5.15 Å². The van der Waals surface area contributed by atoms with Gasteiger partial charge in [0.05, 0.1) is 5.52 Å². The fourth-order valence-electron chi connectivity index (χ4n) is 2.17. The third-order valence-electron chi connectivity index (χ3n) is 3.73. The molecule has 0 aliphatic rings. The summed E-state index contributed by atoms with van der Waals surface area (Å²) in [7, 11) is 1.99. The van der Waals surface area contributed by atoms with Gasteiger partial charge in [-0.25, -0.2) is 4.98 Å². The largest absolute Gasteiger partial charge is 0.320 e. The van der Waals surface area contributed by atoms with Gasteiger partial charge in [0.2, 0.25) is 0 Å². The predicted octanol–water partition coefficient (Wildman–Crippen LogP) is 3.63. The molecule has 0 saturated heterocycles. The summed E-state index contributed by atoms with van der Waals surface area (Å²) in [5, 5.41) is 4.72. The fraction of sp³-hybridized carbons (Fsp3) is 0.467. The Kier molecular flexibility index (Phi) is 4.72. The van der Waals surface area contributed by atoms with E-state index in [0.717, 1.165) is 29.6 Å². The lowest BCUT2D eigenvalue weighted by molar-refractivity contribution is 0.439. The number of aromatic nitrogens is 2. The summed E-state index contributed by atoms with van der Waals surface area (Å²) in [5.74, 6) is 1.03. The van der Waals surface area contributed by atoms with Gasteiger partial charge in [0.25, 0.3) is 0 Å². The van der Waals surface area contributed by atoms with Gasteiger partial charge in [0.15, 0.2) is 0 Å². The van der Waals surface area contributed by atoms with Crippen LogP contribution in [0.15, 0.2) is 24.4 Å². The molecular formula is C15H20ClN3. The van der Waals surface area contributed by atoms with Crippen molar-refractivity contribution in [1.29, 1.82) is 0 Å². The van der Waals surface area contributed by atoms with Crippen LogP contribution in [0.3, 0.4) is 0 Å². The second-order valence-corrected chi connectivity index (χ2v) is 5.48. The van der Waals surface area contributed by atoms with Crippen molar-refractivity contribution in [3.05, 3.63) is 35.2 Å². The van der Waals surface area contributed by atoms with Crippen LogP contribution >= 0.6 is 11.6 Å². The lowest BCUT2D eigenvalue weighted by Crippen LogP contribution is -2.16. The van der Waals surface area contributed by atoms with Crippen LogP contribution in [-0.2, 0) is 0 Å². The van der Waals surface area contributed by atoms with Gasteiger partial charge < -0.3 is 5.32 Å². The van der Waals surface area contributed by atoms with Gasteiger partial charge in [-0.1, -0.05) is 25.4 Å². The molecule has 0 aliphatic heterocycles. The van der Waals surface area contributed by atoms with Crippen LogP contribution in [0.2, 0.25) is 5.15 Å². The molecule has 102 valence electrons. The molecule has 0 aliphatic carbocycles. The first-order valence-corrected chi connectivity index (χ1v) is 7.06. The first-order valence-electron chi connectivity index (χ1n) is 6.68. The van der Waals surface area contributed by atoms with Crippen LogP contribution in [0.1, 0.15) is 31.9 Å². The molecular weight excluding hydrogens is 258 g/mol. The minimum Gasteiger partial charge on any atom is -0.320 e. The smallest absolute Gasteiger partial charge is 0.131 e. The fourth-order valence-corrected chi connectivity index (χ4v) is 2.33. The maximum Gasteiger partial charge on any atom is 0.131 e. The van der Waals surface area contributed by atoms with Crippen molar-refractivity contribution in [2.24, 2.45) is 5.92 Å². The lowest BCUT2D eigenvalue weighted by atomic mass is 9.89. The molecule has 0 radical (unpaired) electrons. The van der Waals surface area contributed by atoms with Crippen molar-refractivity contribution < 1.29 is 0 Å². The van der Waals surface area contributed by atoms with E-state index in [-0.39, 0.29) is 0 Å². The number of nitrogens with zero attached hydrogens (tertiary/aromatic N) is 2. The van der Waals surface area contributed by atoms with Crippen LogP contribution in [0.4, 0.5) is 0 Å². The first-order chi connectivity index (χ1) is 9.11. The second kappa shape index (κ2) is 6.31. The normalized spacial score (nSPS) is 14.5. The SMILES string of the molecule is CNCCC(C)C(C)c1ccc2cnc(Cl)cc2n1. The van der Waals surface area contributed by atoms with Gasteiger partial charge >= 0.3 is 0 Å². The van der Waals surface area contributed by atoms with E-state index < -0.39 is 0 Å². The van der Waals surface area contributed by atoms with Crippen LogP contribution < -0.4 is 5.32 Å². The summed E-state index contributed by atoms with van der Waals surface area (Å²) in [6.45, 7) is 5.54. The molecule has 0 aromatic carbocycles. The summed E-state index contributed by atoms with van der Waals surface area (Å²) in [5.41, 5.74) is 2.04. The van der Waals surface area contributed by atoms with Gasteiger partial charge in [-0.2, -0.15) is 0 Å². The van der Waals surface area contributed by atoms with Crippen molar-refractivity contribution in [3.8, 4) is 0 Å². The lowest BCUT2D eigenvalue weighted by Gasteiger charge is -2.19. The zero-order valence-electron chi connectivity index (χ0n) is 11.7. The van der Waals surface area contributed by atoms with E-state index in [1.807, 2.05) is 13.1 Å². The van der Waals surface area contributed by atoms with E-state index in [2.05, 4.69) is 36.3 Å². The standard InChI is InChI=1S/C15H20ClN3/c1-10(6-7-17-3)11(2)13-5-4-12-9-18-15(16)8-14(12)19-13/h4-5,8-11,17H,6-7H2,1-3H3. The van der Waals surface area contributed by atoms with Gasteiger partial charge in [-0.05, 0) is 38.1 Å². The Morgan fingerprint density at radius 1 is 1.32 bits per heavy atom. The van der Waals surface area contributed by atoms with Gasteiger partial charge in [0, 0.05) is 29.3 Å². The Morgan fingerprint density at radius 3 is 2.84 bits per heavy atom. The zero-order chi connectivity index (χ0) is 13.8. The molecule has 2 aromatic heterocycles. The number of rotatable bonds is 5. The minimum absolute atomic E-state index is 0.435. The van der Waals surface area contributed by atoms with Crippen molar-refractivity contribution >= 4 is 22.5 Å². The highest BCUT2D eigenvalue weighted by Crippen LogP contribution is 2.26. The quantitative estimate of drug-likeness (QED) is 0.848. The molecule has 2 heterocycles. The molecule has 0 spiro atoms. The molecule has 2 aromatic rings. The first kappa shape index (κ1) is 14.2. The maximum atomic E-state index is 5.92. The third kappa shape index (κ3) is 3.43. The van der Waals surface area contributed by atoms with E-state index >= 15 is 0 Å². The van der Waals surface area contributed by atoms with Crippen LogP contribution in [-0.4, -0.2) is 23.6 Å². The number of nitrogens with one attached hydrogen (secondary N) is 1. The molecule has 1 N–H and O–H groups in total. The number of halogens is 1. The molecule has 4 heteroatoms. The van der Waals surface area contributed by atoms with Crippen LogP contribution in [0, 0.1) is 5.92 Å². The average molecular weight is 278 g/mol. The average Bonchev–Trinajstić information content (AvgIpc) is 2.43. The number of fused-ring (bicyclic) bond motifs is 1. The molecule has 0 amide bonds. The van der Waals surface area contributed by atoms with Crippen molar-refractivity contribution in [2.75, 3.05) is 13.6 Å². The zero-order valence-corrected chi connectivity index (χ0v) is 12.4. The molecule has 0 bridgehead atoms. The maximum absolute atomic E-state index is 5.92. The van der Waals surface area contributed by atoms with Crippen LogP contribution in [0.5, 0.6) is 0 Å². The minimum atomic E-state index is 0.435. The predicted molar refractivity (Wildman–Crippen MR) is 80.7 cm³/mol. The Balaban J connectivity index is 2.24. The van der Waals surface area contributed by atoms with Gasteiger partial charge in [-0.15, -0.1) is 0 Å². The Morgan fingerprint density at radius 2 is 2.11 bits per heavy atom. The number of hydrogen-bond donors (Lipinski definition) is 1. The third-order valence-corrected chi connectivity index (χ3v) is 3.94. The highest BCUT2D eigenvalue weighted by Gasteiger charge is 2.15. The van der Waals surface area contributed by atoms with E-state index in [4.69, 9.17) is 16.6 Å². The summed E-state index contributed by atoms with van der Waals surface area (Å²) in [6, 6.07) is 5.99. The van der Waals surface area contributed by atoms with Crippen molar-refractivity contribution in [2.45, 2.75) is 26.2 Å². The van der Waals surface area contributed by atoms with Crippen LogP contribution in [0.25, 0.3) is 10.9 Å². The Bertz CT molecular complexity index is 556. The molecule has 3 nitrogen and oxygen atoms in total. The monoisotopic (exact) mass is 277 g/mol. The molecule has 0 saturated carbocycles. The highest BCUT2D eigenvalue weighted by molar-refractivity contribution is 6.29. The molecule has 0 fully saturated rings.